The highest BCUT2D eigenvalue weighted by Crippen LogP contribution is 2.39. The van der Waals surface area contributed by atoms with Crippen LogP contribution in [0, 0.1) is 0 Å². The molecule has 2 aliphatic rings. The molecular weight excluding hydrogens is 420 g/mol. The number of epoxide rings is 1. The summed E-state index contributed by atoms with van der Waals surface area (Å²) in [5.41, 5.74) is -0.209. The largest absolute Gasteiger partial charge is 0.507 e. The number of hydrogen-bond donors (Lipinski definition) is 2. The molecule has 29 heavy (non-hydrogen) atoms. The summed E-state index contributed by atoms with van der Waals surface area (Å²) in [5, 5.41) is 19.6. The van der Waals surface area contributed by atoms with Gasteiger partial charge in [0.1, 0.15) is 35.1 Å². The lowest BCUT2D eigenvalue weighted by atomic mass is 9.98. The van der Waals surface area contributed by atoms with Gasteiger partial charge in [-0.25, -0.2) is 4.79 Å². The molecule has 156 valence electrons. The second kappa shape index (κ2) is 8.77. The van der Waals surface area contributed by atoms with Gasteiger partial charge in [-0.1, -0.05) is 35.5 Å². The summed E-state index contributed by atoms with van der Waals surface area (Å²) in [4.78, 5) is 36.7. The number of benzene rings is 1. The molecule has 1 aromatic rings. The van der Waals surface area contributed by atoms with Crippen LogP contribution in [0.5, 0.6) is 11.5 Å². The van der Waals surface area contributed by atoms with Crippen molar-refractivity contribution in [3.05, 3.63) is 34.4 Å². The summed E-state index contributed by atoms with van der Waals surface area (Å²) in [6, 6.07) is 0.949. The maximum Gasteiger partial charge on any atom is 0.342 e. The molecule has 3 rings (SSSR count). The Morgan fingerprint density at radius 3 is 2.69 bits per heavy atom. The Morgan fingerprint density at radius 1 is 1.28 bits per heavy atom. The van der Waals surface area contributed by atoms with Crippen LogP contribution in [0.25, 0.3) is 0 Å². The van der Waals surface area contributed by atoms with E-state index in [-0.39, 0.29) is 57.3 Å². The van der Waals surface area contributed by atoms with Crippen LogP contribution in [-0.4, -0.2) is 50.6 Å². The molecule has 1 saturated heterocycles. The Labute approximate surface area is 177 Å². The summed E-state index contributed by atoms with van der Waals surface area (Å²) in [7, 11) is 0. The first-order valence-corrected chi connectivity index (χ1v) is 10.4. The third kappa shape index (κ3) is 5.12. The molecule has 4 atom stereocenters. The Hall–Kier alpha value is -2.03. The highest BCUT2D eigenvalue weighted by atomic mass is 35.5. The monoisotopic (exact) mass is 440 g/mol. The number of aromatic hydroxyl groups is 2. The van der Waals surface area contributed by atoms with Crippen molar-refractivity contribution in [2.75, 3.05) is 0 Å². The second-order valence-corrected chi connectivity index (χ2v) is 8.83. The molecule has 0 saturated carbocycles. The lowest BCUT2D eigenvalue weighted by molar-refractivity contribution is -0.117. The number of esters is 1. The Kier molecular flexibility index (Phi) is 6.55. The first kappa shape index (κ1) is 21.7. The van der Waals surface area contributed by atoms with Crippen molar-refractivity contribution in [3.63, 3.8) is 0 Å². The van der Waals surface area contributed by atoms with E-state index in [0.717, 1.165) is 17.8 Å². The number of carbonyl (C=O) groups excluding carboxylic acids is 3. The first-order valence-electron chi connectivity index (χ1n) is 9.12. The van der Waals surface area contributed by atoms with Gasteiger partial charge in [-0.3, -0.25) is 9.59 Å². The third-order valence-corrected chi connectivity index (χ3v) is 6.14. The van der Waals surface area contributed by atoms with Gasteiger partial charge in [0.25, 0.3) is 0 Å². The van der Waals surface area contributed by atoms with E-state index in [4.69, 9.17) is 21.1 Å². The van der Waals surface area contributed by atoms with Crippen molar-refractivity contribution in [1.82, 2.24) is 0 Å². The van der Waals surface area contributed by atoms with Gasteiger partial charge in [-0.2, -0.15) is 0 Å². The normalized spacial score (nSPS) is 28.5. The molecule has 7 nitrogen and oxygen atoms in total. The van der Waals surface area contributed by atoms with Crippen LogP contribution in [0.3, 0.4) is 0 Å². The highest BCUT2D eigenvalue weighted by Gasteiger charge is 2.45. The van der Waals surface area contributed by atoms with Gasteiger partial charge in [0.15, 0.2) is 5.12 Å². The summed E-state index contributed by atoms with van der Waals surface area (Å²) in [6.07, 6.45) is 2.69. The van der Waals surface area contributed by atoms with Gasteiger partial charge in [0.2, 0.25) is 0 Å². The van der Waals surface area contributed by atoms with E-state index in [1.807, 2.05) is 0 Å². The fourth-order valence-corrected chi connectivity index (χ4v) is 4.50. The van der Waals surface area contributed by atoms with Gasteiger partial charge < -0.3 is 19.7 Å². The number of rotatable bonds is 1. The molecule has 0 amide bonds. The molecule has 9 heteroatoms. The zero-order valence-corrected chi connectivity index (χ0v) is 17.5. The third-order valence-electron chi connectivity index (χ3n) is 4.69. The molecule has 0 bridgehead atoms. The number of halogens is 1. The van der Waals surface area contributed by atoms with Gasteiger partial charge in [0, 0.05) is 37.8 Å². The zero-order valence-electron chi connectivity index (χ0n) is 15.9. The topological polar surface area (TPSA) is 113 Å². The molecular formula is C20H21ClO7S. The molecule has 0 spiro atoms. The van der Waals surface area contributed by atoms with Crippen molar-refractivity contribution in [2.45, 2.75) is 56.7 Å². The molecule has 0 unspecified atom stereocenters. The lowest BCUT2D eigenvalue weighted by Crippen LogP contribution is -2.21. The smallest absolute Gasteiger partial charge is 0.342 e. The number of phenols is 2. The minimum Gasteiger partial charge on any atom is -0.507 e. The number of hydrogen-bond acceptors (Lipinski definition) is 8. The van der Waals surface area contributed by atoms with Crippen molar-refractivity contribution in [2.24, 2.45) is 0 Å². The van der Waals surface area contributed by atoms with Crippen LogP contribution in [0.4, 0.5) is 0 Å². The zero-order chi connectivity index (χ0) is 21.3. The maximum absolute atomic E-state index is 12.7. The molecule has 2 heterocycles. The lowest BCUT2D eigenvalue weighted by Gasteiger charge is -2.17. The number of fused-ring (bicyclic) bond motifs is 2. The van der Waals surface area contributed by atoms with Crippen LogP contribution in [0.1, 0.15) is 42.6 Å². The Morgan fingerprint density at radius 2 is 2.00 bits per heavy atom. The van der Waals surface area contributed by atoms with Crippen molar-refractivity contribution in [1.29, 1.82) is 0 Å². The van der Waals surface area contributed by atoms with E-state index >= 15 is 0 Å². The number of allylic oxidation sites excluding steroid dienone is 1. The number of ether oxygens (including phenoxy) is 2. The Bertz CT molecular complexity index is 882. The average molecular weight is 441 g/mol. The van der Waals surface area contributed by atoms with Crippen LogP contribution < -0.4 is 0 Å². The molecule has 1 fully saturated rings. The number of cyclic esters (lactones) is 1. The van der Waals surface area contributed by atoms with E-state index in [9.17, 15) is 24.6 Å². The highest BCUT2D eigenvalue weighted by molar-refractivity contribution is 8.14. The number of phenolic OH excluding ortho intramolecular Hbond substituents is 2. The van der Waals surface area contributed by atoms with E-state index < -0.39 is 23.6 Å². The number of Topliss-reactive ketones (excluding diaryl/α,β-unsaturated/α-hetero) is 1. The summed E-state index contributed by atoms with van der Waals surface area (Å²) < 4.78 is 11.1. The minimum atomic E-state index is -0.834. The first-order chi connectivity index (χ1) is 13.7. The molecule has 0 aromatic heterocycles. The van der Waals surface area contributed by atoms with Crippen molar-refractivity contribution in [3.8, 4) is 11.5 Å². The van der Waals surface area contributed by atoms with Gasteiger partial charge in [-0.05, 0) is 6.92 Å². The summed E-state index contributed by atoms with van der Waals surface area (Å²) in [6.45, 7) is 3.16. The van der Waals surface area contributed by atoms with Crippen molar-refractivity contribution < 1.29 is 34.1 Å². The van der Waals surface area contributed by atoms with Crippen LogP contribution in [0.15, 0.2) is 18.2 Å². The van der Waals surface area contributed by atoms with Crippen LogP contribution in [0.2, 0.25) is 5.02 Å². The predicted molar refractivity (Wildman–Crippen MR) is 107 cm³/mol. The van der Waals surface area contributed by atoms with E-state index in [0.29, 0.717) is 6.42 Å². The molecule has 1 aromatic carbocycles. The van der Waals surface area contributed by atoms with Gasteiger partial charge >= 0.3 is 5.97 Å². The molecule has 2 aliphatic heterocycles. The fourth-order valence-electron chi connectivity index (χ4n) is 3.34. The van der Waals surface area contributed by atoms with Crippen molar-refractivity contribution >= 4 is 40.2 Å². The van der Waals surface area contributed by atoms with Crippen LogP contribution in [-0.2, 0) is 25.5 Å². The quantitative estimate of drug-likeness (QED) is 0.389. The van der Waals surface area contributed by atoms with E-state index in [1.165, 1.54) is 6.92 Å². The average Bonchev–Trinajstić information content (AvgIpc) is 3.36. The standard InChI is InChI=1S/C20H21ClO7S/c1-9-6-15-19(28-15)16(29-10(2)22)5-3-4-11(23)7-12-17(20(26)27-9)13(24)8-14(25)18(12)21/h3,5,8-9,15-16,19,24-25H,4,6-7H2,1-2H3/b5-3+/t9-,15-,16-,19-/m1/s1. The fraction of sp³-hybridized carbons (Fsp3) is 0.450. The Balaban J connectivity index is 1.95. The van der Waals surface area contributed by atoms with Gasteiger partial charge in [0.05, 0.1) is 16.4 Å². The van der Waals surface area contributed by atoms with E-state index in [2.05, 4.69) is 0 Å². The number of carbonyl (C=O) groups is 3. The summed E-state index contributed by atoms with van der Waals surface area (Å²) >= 11 is 7.24. The predicted octanol–water partition coefficient (Wildman–Crippen LogP) is 3.17. The van der Waals surface area contributed by atoms with E-state index in [1.54, 1.807) is 19.1 Å². The second-order valence-electron chi connectivity index (χ2n) is 7.09. The minimum absolute atomic E-state index is 0.0204. The molecule has 0 radical (unpaired) electrons. The molecule has 0 aliphatic carbocycles. The number of thioether (sulfide) groups is 1. The maximum atomic E-state index is 12.7. The number of ketones is 1. The van der Waals surface area contributed by atoms with Crippen LogP contribution >= 0.6 is 23.4 Å². The molecule has 2 N–H and O–H groups in total. The van der Waals surface area contributed by atoms with Gasteiger partial charge in [-0.15, -0.1) is 0 Å². The SMILES string of the molecule is CC(=O)S[C@@H]1/C=C/CC(=O)Cc2c(Cl)c(O)cc(O)c2C(=O)O[C@H](C)C[C@H]2O[C@H]21. The summed E-state index contributed by atoms with van der Waals surface area (Å²) in [5.74, 6) is -2.06.